The number of aromatic amines is 1. The first-order valence-corrected chi connectivity index (χ1v) is 11.9. The Labute approximate surface area is 196 Å². The first-order chi connectivity index (χ1) is 16.3. The fraction of sp³-hybridized carbons (Fsp3) is 0.478. The molecule has 1 saturated carbocycles. The lowest BCUT2D eigenvalue weighted by atomic mass is 9.84. The van der Waals surface area contributed by atoms with E-state index in [1.165, 1.54) is 23.0 Å². The summed E-state index contributed by atoms with van der Waals surface area (Å²) in [6, 6.07) is 1.45. The van der Waals surface area contributed by atoms with Crippen molar-refractivity contribution in [2.24, 2.45) is 11.7 Å². The Morgan fingerprint density at radius 3 is 2.68 bits per heavy atom. The molecule has 0 bridgehead atoms. The molecule has 2 heterocycles. The van der Waals surface area contributed by atoms with Gasteiger partial charge in [0.15, 0.2) is 5.75 Å². The van der Waals surface area contributed by atoms with Crippen molar-refractivity contribution in [3.63, 3.8) is 0 Å². The number of H-pyrrole nitrogens is 1. The monoisotopic (exact) mass is 495 g/mol. The van der Waals surface area contributed by atoms with E-state index < -0.39 is 40.5 Å². The number of ether oxygens (including phenoxy) is 1. The summed E-state index contributed by atoms with van der Waals surface area (Å²) in [5.41, 5.74) is 3.37. The Morgan fingerprint density at radius 1 is 1.32 bits per heavy atom. The van der Waals surface area contributed by atoms with Gasteiger partial charge in [-0.2, -0.15) is 0 Å². The minimum absolute atomic E-state index is 0.0430. The van der Waals surface area contributed by atoms with Crippen LogP contribution in [-0.4, -0.2) is 34.4 Å². The average Bonchev–Trinajstić information content (AvgIpc) is 3.55. The summed E-state index contributed by atoms with van der Waals surface area (Å²) in [5.74, 6) is -1.38. The number of halogens is 3. The van der Waals surface area contributed by atoms with E-state index in [0.29, 0.717) is 37.0 Å². The van der Waals surface area contributed by atoms with Crippen molar-refractivity contribution in [1.82, 2.24) is 9.55 Å². The number of nitrogens with two attached hydrogens (primary N) is 1. The summed E-state index contributed by atoms with van der Waals surface area (Å²) in [6.45, 7) is 0.134. The predicted octanol–water partition coefficient (Wildman–Crippen LogP) is 3.26. The lowest BCUT2D eigenvalue weighted by Gasteiger charge is -2.25. The zero-order chi connectivity index (χ0) is 24.3. The second kappa shape index (κ2) is 8.54. The van der Waals surface area contributed by atoms with Crippen LogP contribution in [0.1, 0.15) is 47.7 Å². The molecule has 2 unspecified atom stereocenters. The number of nitrogens with one attached hydrogen (secondary N) is 1. The number of benzene rings is 1. The van der Waals surface area contributed by atoms with Crippen molar-refractivity contribution in [2.45, 2.75) is 50.7 Å². The molecular formula is C23H24F3N3O4S. The minimum Gasteiger partial charge on any atom is -0.494 e. The fourth-order valence-corrected chi connectivity index (χ4v) is 6.23. The molecular weight excluding hydrogens is 471 g/mol. The third-order valence-electron chi connectivity index (χ3n) is 6.80. The minimum atomic E-state index is -3.28. The normalized spacial score (nSPS) is 19.0. The van der Waals surface area contributed by atoms with Crippen LogP contribution in [0.2, 0.25) is 0 Å². The number of rotatable bonds is 6. The third kappa shape index (κ3) is 3.57. The van der Waals surface area contributed by atoms with Gasteiger partial charge in [-0.15, -0.1) is 11.3 Å². The highest BCUT2D eigenvalue weighted by Gasteiger charge is 2.35. The Kier molecular flexibility index (Phi) is 5.81. The van der Waals surface area contributed by atoms with Crippen LogP contribution in [0.15, 0.2) is 15.7 Å². The van der Waals surface area contributed by atoms with E-state index >= 15 is 4.39 Å². The maximum Gasteiger partial charge on any atom is 0.329 e. The van der Waals surface area contributed by atoms with Gasteiger partial charge in [-0.1, -0.05) is 0 Å². The number of aliphatic hydroxyl groups excluding tert-OH is 1. The number of aryl methyl sites for hydroxylation is 1. The summed E-state index contributed by atoms with van der Waals surface area (Å²) in [5, 5.41) is 9.60. The molecule has 182 valence electrons. The number of aliphatic hydroxyl groups is 1. The summed E-state index contributed by atoms with van der Waals surface area (Å²) >= 11 is 1.27. The van der Waals surface area contributed by atoms with Crippen LogP contribution in [-0.2, 0) is 12.8 Å². The molecule has 0 saturated heterocycles. The quantitative estimate of drug-likeness (QED) is 0.486. The molecule has 4 N–H and O–H groups in total. The number of nitrogens with zero attached hydrogens (tertiary/aromatic N) is 1. The number of alkyl halides is 2. The molecule has 7 nitrogen and oxygen atoms in total. The van der Waals surface area contributed by atoms with Gasteiger partial charge in [0.2, 0.25) is 0 Å². The van der Waals surface area contributed by atoms with Crippen molar-refractivity contribution in [3.05, 3.63) is 48.7 Å². The number of hydrogen-bond donors (Lipinski definition) is 3. The molecule has 0 spiro atoms. The predicted molar refractivity (Wildman–Crippen MR) is 122 cm³/mol. The molecule has 3 aromatic rings. The van der Waals surface area contributed by atoms with Crippen LogP contribution in [0.4, 0.5) is 13.2 Å². The molecule has 34 heavy (non-hydrogen) atoms. The Hall–Kier alpha value is -2.63. The van der Waals surface area contributed by atoms with Crippen LogP contribution in [0.5, 0.6) is 5.75 Å². The average molecular weight is 496 g/mol. The molecule has 2 atom stereocenters. The molecule has 2 aromatic heterocycles. The lowest BCUT2D eigenvalue weighted by molar-refractivity contribution is 0.107. The van der Waals surface area contributed by atoms with E-state index in [0.717, 1.165) is 10.4 Å². The number of thiophene rings is 1. The van der Waals surface area contributed by atoms with Gasteiger partial charge in [-0.05, 0) is 49.7 Å². The zero-order valence-electron chi connectivity index (χ0n) is 18.4. The number of aromatic nitrogens is 2. The molecule has 5 rings (SSSR count). The highest BCUT2D eigenvalue weighted by atomic mass is 32.1. The van der Waals surface area contributed by atoms with Gasteiger partial charge in [-0.3, -0.25) is 14.3 Å². The van der Waals surface area contributed by atoms with E-state index in [4.69, 9.17) is 10.5 Å². The number of methoxy groups -OCH3 is 1. The van der Waals surface area contributed by atoms with E-state index in [1.54, 1.807) is 6.07 Å². The molecule has 11 heteroatoms. The van der Waals surface area contributed by atoms with Crippen LogP contribution in [0.25, 0.3) is 21.3 Å². The van der Waals surface area contributed by atoms with Gasteiger partial charge in [0, 0.05) is 22.3 Å². The molecule has 0 aliphatic heterocycles. The standard InChI is InChI=1S/C23H24F3N3O4S/c1-33-20-15(14-7-10-6-9(12(30)8-27)2-5-13(10)34-14)18(24)16(21(25)26)17-19(20)29(11-3-4-11)23(32)28-22(17)31/h7,9,11-12,21,30H,2-6,8,27H2,1H3,(H,28,31,32). The van der Waals surface area contributed by atoms with Crippen molar-refractivity contribution in [3.8, 4) is 16.2 Å². The Morgan fingerprint density at radius 2 is 2.06 bits per heavy atom. The molecule has 2 aliphatic rings. The molecule has 0 amide bonds. The molecule has 2 aliphatic carbocycles. The van der Waals surface area contributed by atoms with E-state index in [9.17, 15) is 23.5 Å². The van der Waals surface area contributed by atoms with Gasteiger partial charge in [0.05, 0.1) is 29.7 Å². The topological polar surface area (TPSA) is 110 Å². The summed E-state index contributed by atoms with van der Waals surface area (Å²) in [4.78, 5) is 28.7. The largest absolute Gasteiger partial charge is 0.494 e. The first-order valence-electron chi connectivity index (χ1n) is 11.1. The van der Waals surface area contributed by atoms with Gasteiger partial charge < -0.3 is 15.6 Å². The summed E-state index contributed by atoms with van der Waals surface area (Å²) in [6.07, 6.45) is -0.770. The number of fused-ring (bicyclic) bond motifs is 2. The maximum atomic E-state index is 15.8. The highest BCUT2D eigenvalue weighted by molar-refractivity contribution is 7.15. The van der Waals surface area contributed by atoms with Crippen LogP contribution < -0.4 is 21.7 Å². The van der Waals surface area contributed by atoms with E-state index in [-0.39, 0.29) is 35.3 Å². The highest BCUT2D eigenvalue weighted by Crippen LogP contribution is 2.48. The van der Waals surface area contributed by atoms with Crippen LogP contribution in [0, 0.1) is 11.7 Å². The van der Waals surface area contributed by atoms with Gasteiger partial charge >= 0.3 is 5.69 Å². The van der Waals surface area contributed by atoms with Gasteiger partial charge in [0.25, 0.3) is 12.0 Å². The van der Waals surface area contributed by atoms with E-state index in [1.807, 2.05) is 0 Å². The smallest absolute Gasteiger partial charge is 0.329 e. The molecule has 1 aromatic carbocycles. The fourth-order valence-electron chi connectivity index (χ4n) is 4.99. The Bertz CT molecular complexity index is 1390. The van der Waals surface area contributed by atoms with Crippen molar-refractivity contribution >= 4 is 22.2 Å². The van der Waals surface area contributed by atoms with Crippen LogP contribution >= 0.6 is 11.3 Å². The van der Waals surface area contributed by atoms with Crippen molar-refractivity contribution in [2.75, 3.05) is 13.7 Å². The van der Waals surface area contributed by atoms with Gasteiger partial charge in [0.1, 0.15) is 11.3 Å². The Balaban J connectivity index is 1.80. The van der Waals surface area contributed by atoms with Crippen molar-refractivity contribution in [1.29, 1.82) is 0 Å². The third-order valence-corrected chi connectivity index (χ3v) is 8.05. The first kappa shape index (κ1) is 23.1. The molecule has 0 radical (unpaired) electrons. The van der Waals surface area contributed by atoms with Crippen molar-refractivity contribution < 1.29 is 23.0 Å². The second-order valence-corrected chi connectivity index (χ2v) is 10.0. The SMILES string of the molecule is COc1c(-c2cc3c(s2)CCC(C(O)CN)C3)c(F)c(C(F)F)c2c(=O)[nH]c(=O)n(C3CC3)c12. The summed E-state index contributed by atoms with van der Waals surface area (Å²) < 4.78 is 50.9. The maximum absolute atomic E-state index is 15.8. The zero-order valence-corrected chi connectivity index (χ0v) is 19.2. The summed E-state index contributed by atoms with van der Waals surface area (Å²) in [7, 11) is 1.27. The van der Waals surface area contributed by atoms with Gasteiger partial charge in [-0.25, -0.2) is 18.0 Å². The molecule has 1 fully saturated rings. The second-order valence-electron chi connectivity index (χ2n) is 8.89. The lowest BCUT2D eigenvalue weighted by Crippen LogP contribution is -2.32. The van der Waals surface area contributed by atoms with E-state index in [2.05, 4.69) is 4.98 Å². The number of hydrogen-bond acceptors (Lipinski definition) is 6. The van der Waals surface area contributed by atoms with Crippen LogP contribution in [0.3, 0.4) is 0 Å².